The maximum absolute atomic E-state index is 11.7. The number of rotatable bonds is 6. The molecule has 1 atom stereocenters. The number of ether oxygens (including phenoxy) is 2. The third-order valence-corrected chi connectivity index (χ3v) is 3.44. The van der Waals surface area contributed by atoms with Gasteiger partial charge in [0.15, 0.2) is 11.5 Å². The van der Waals surface area contributed by atoms with Gasteiger partial charge < -0.3 is 20.1 Å². The van der Waals surface area contributed by atoms with Crippen LogP contribution in [0.15, 0.2) is 18.2 Å². The molecule has 0 spiro atoms. The number of amides is 1. The summed E-state index contributed by atoms with van der Waals surface area (Å²) in [5.74, 6) is 1.63. The molecular formula is C15H22N2O3. The summed E-state index contributed by atoms with van der Waals surface area (Å²) >= 11 is 0. The Balaban J connectivity index is 1.98. The first-order valence-corrected chi connectivity index (χ1v) is 6.97. The lowest BCUT2D eigenvalue weighted by Crippen LogP contribution is -2.30. The van der Waals surface area contributed by atoms with Crippen molar-refractivity contribution in [1.82, 2.24) is 4.90 Å². The standard InChI is InChI=1S/C15H22N2O3/c1-3-20-13-5-4-11(8-14(13)19-2)6-7-17-10-12(16)9-15(17)18/h4-5,8,12H,3,6-7,9-10,16H2,1-2H3. The highest BCUT2D eigenvalue weighted by atomic mass is 16.5. The van der Waals surface area contributed by atoms with Crippen LogP contribution in [0, 0.1) is 0 Å². The van der Waals surface area contributed by atoms with E-state index < -0.39 is 0 Å². The molecule has 0 aromatic heterocycles. The molecule has 1 fully saturated rings. The predicted molar refractivity (Wildman–Crippen MR) is 77.0 cm³/mol. The van der Waals surface area contributed by atoms with E-state index in [4.69, 9.17) is 15.2 Å². The van der Waals surface area contributed by atoms with Crippen LogP contribution in [-0.2, 0) is 11.2 Å². The molecule has 0 radical (unpaired) electrons. The lowest BCUT2D eigenvalue weighted by Gasteiger charge is -2.16. The number of methoxy groups -OCH3 is 1. The van der Waals surface area contributed by atoms with Gasteiger partial charge in [-0.25, -0.2) is 0 Å². The van der Waals surface area contributed by atoms with Crippen molar-refractivity contribution >= 4 is 5.91 Å². The first-order valence-electron chi connectivity index (χ1n) is 6.97. The van der Waals surface area contributed by atoms with Gasteiger partial charge in [0, 0.05) is 25.6 Å². The van der Waals surface area contributed by atoms with Crippen LogP contribution in [0.25, 0.3) is 0 Å². The molecule has 1 aromatic rings. The SMILES string of the molecule is CCOc1ccc(CCN2CC(N)CC2=O)cc1OC. The van der Waals surface area contributed by atoms with E-state index in [1.807, 2.05) is 30.0 Å². The fourth-order valence-electron chi connectivity index (χ4n) is 2.43. The molecule has 0 aliphatic carbocycles. The molecule has 1 saturated heterocycles. The predicted octanol–water partition coefficient (Wildman–Crippen LogP) is 1.20. The lowest BCUT2D eigenvalue weighted by atomic mass is 10.1. The first kappa shape index (κ1) is 14.7. The average Bonchev–Trinajstić information content (AvgIpc) is 2.76. The Kier molecular flexibility index (Phi) is 4.84. The zero-order valence-corrected chi connectivity index (χ0v) is 12.1. The van der Waals surface area contributed by atoms with Gasteiger partial charge >= 0.3 is 0 Å². The lowest BCUT2D eigenvalue weighted by molar-refractivity contribution is -0.127. The Morgan fingerprint density at radius 3 is 2.80 bits per heavy atom. The van der Waals surface area contributed by atoms with Gasteiger partial charge in [-0.1, -0.05) is 6.07 Å². The summed E-state index contributed by atoms with van der Waals surface area (Å²) in [4.78, 5) is 13.5. The van der Waals surface area contributed by atoms with E-state index in [0.717, 1.165) is 23.5 Å². The second-order valence-electron chi connectivity index (χ2n) is 4.97. The number of nitrogens with zero attached hydrogens (tertiary/aromatic N) is 1. The normalized spacial score (nSPS) is 18.4. The number of likely N-dealkylation sites (tertiary alicyclic amines) is 1. The quantitative estimate of drug-likeness (QED) is 0.849. The summed E-state index contributed by atoms with van der Waals surface area (Å²) in [7, 11) is 1.63. The van der Waals surface area contributed by atoms with Gasteiger partial charge in [-0.3, -0.25) is 4.79 Å². The van der Waals surface area contributed by atoms with E-state index in [1.165, 1.54) is 0 Å². The topological polar surface area (TPSA) is 64.8 Å². The third kappa shape index (κ3) is 3.42. The molecular weight excluding hydrogens is 256 g/mol. The molecule has 110 valence electrons. The van der Waals surface area contributed by atoms with Crippen LogP contribution in [0.2, 0.25) is 0 Å². The number of nitrogens with two attached hydrogens (primary N) is 1. The zero-order chi connectivity index (χ0) is 14.5. The van der Waals surface area contributed by atoms with Gasteiger partial charge in [-0.05, 0) is 31.0 Å². The van der Waals surface area contributed by atoms with Gasteiger partial charge in [0.25, 0.3) is 0 Å². The fraction of sp³-hybridized carbons (Fsp3) is 0.533. The van der Waals surface area contributed by atoms with Gasteiger partial charge in [0.1, 0.15) is 0 Å². The van der Waals surface area contributed by atoms with Crippen LogP contribution in [0.4, 0.5) is 0 Å². The van der Waals surface area contributed by atoms with E-state index >= 15 is 0 Å². The van der Waals surface area contributed by atoms with E-state index in [1.54, 1.807) is 7.11 Å². The molecule has 2 N–H and O–H groups in total. The van der Waals surface area contributed by atoms with E-state index in [9.17, 15) is 4.79 Å². The smallest absolute Gasteiger partial charge is 0.224 e. The molecule has 0 saturated carbocycles. The summed E-state index contributed by atoms with van der Waals surface area (Å²) in [5, 5.41) is 0. The third-order valence-electron chi connectivity index (χ3n) is 3.44. The number of carbonyl (C=O) groups is 1. The highest BCUT2D eigenvalue weighted by Crippen LogP contribution is 2.28. The largest absolute Gasteiger partial charge is 0.493 e. The van der Waals surface area contributed by atoms with Crippen LogP contribution in [0.5, 0.6) is 11.5 Å². The van der Waals surface area contributed by atoms with Crippen LogP contribution in [0.1, 0.15) is 18.9 Å². The maximum atomic E-state index is 11.7. The van der Waals surface area contributed by atoms with Gasteiger partial charge in [-0.2, -0.15) is 0 Å². The molecule has 1 heterocycles. The summed E-state index contributed by atoms with van der Waals surface area (Å²) < 4.78 is 10.8. The van der Waals surface area contributed by atoms with Gasteiger partial charge in [0.05, 0.1) is 13.7 Å². The fourth-order valence-corrected chi connectivity index (χ4v) is 2.43. The van der Waals surface area contributed by atoms with Crippen molar-refractivity contribution in [3.63, 3.8) is 0 Å². The van der Waals surface area contributed by atoms with Crippen molar-refractivity contribution < 1.29 is 14.3 Å². The van der Waals surface area contributed by atoms with E-state index in [2.05, 4.69) is 0 Å². The van der Waals surface area contributed by atoms with Crippen LogP contribution in [-0.4, -0.2) is 43.7 Å². The van der Waals surface area contributed by atoms with E-state index in [0.29, 0.717) is 26.1 Å². The molecule has 1 aliphatic rings. The minimum absolute atomic E-state index is 0.0163. The summed E-state index contributed by atoms with van der Waals surface area (Å²) in [6.45, 7) is 3.90. The highest BCUT2D eigenvalue weighted by Gasteiger charge is 2.26. The molecule has 0 bridgehead atoms. The maximum Gasteiger partial charge on any atom is 0.224 e. The molecule has 1 unspecified atom stereocenters. The summed E-state index contributed by atoms with van der Waals surface area (Å²) in [5.41, 5.74) is 6.91. The van der Waals surface area contributed by atoms with Crippen molar-refractivity contribution in [3.05, 3.63) is 23.8 Å². The van der Waals surface area contributed by atoms with Crippen LogP contribution in [0.3, 0.4) is 0 Å². The second kappa shape index (κ2) is 6.61. The molecule has 2 rings (SSSR count). The molecule has 1 aromatic carbocycles. The van der Waals surface area contributed by atoms with Crippen molar-refractivity contribution in [2.45, 2.75) is 25.8 Å². The Labute approximate surface area is 119 Å². The van der Waals surface area contributed by atoms with E-state index in [-0.39, 0.29) is 11.9 Å². The Morgan fingerprint density at radius 2 is 2.20 bits per heavy atom. The van der Waals surface area contributed by atoms with Crippen molar-refractivity contribution in [3.8, 4) is 11.5 Å². The van der Waals surface area contributed by atoms with Crippen molar-refractivity contribution in [1.29, 1.82) is 0 Å². The summed E-state index contributed by atoms with van der Waals surface area (Å²) in [6, 6.07) is 5.87. The number of carbonyl (C=O) groups excluding carboxylic acids is 1. The Hall–Kier alpha value is -1.75. The number of benzene rings is 1. The van der Waals surface area contributed by atoms with Crippen LogP contribution < -0.4 is 15.2 Å². The second-order valence-corrected chi connectivity index (χ2v) is 4.97. The van der Waals surface area contributed by atoms with Gasteiger partial charge in [0.2, 0.25) is 5.91 Å². The van der Waals surface area contributed by atoms with Crippen molar-refractivity contribution in [2.75, 3.05) is 26.8 Å². The van der Waals surface area contributed by atoms with Gasteiger partial charge in [-0.15, -0.1) is 0 Å². The Morgan fingerprint density at radius 1 is 1.40 bits per heavy atom. The Bertz CT molecular complexity index is 476. The monoisotopic (exact) mass is 278 g/mol. The average molecular weight is 278 g/mol. The number of hydrogen-bond donors (Lipinski definition) is 1. The number of hydrogen-bond acceptors (Lipinski definition) is 4. The molecule has 1 aliphatic heterocycles. The zero-order valence-electron chi connectivity index (χ0n) is 12.1. The highest BCUT2D eigenvalue weighted by molar-refractivity contribution is 5.79. The van der Waals surface area contributed by atoms with Crippen molar-refractivity contribution in [2.24, 2.45) is 5.73 Å². The minimum Gasteiger partial charge on any atom is -0.493 e. The molecule has 5 nitrogen and oxygen atoms in total. The van der Waals surface area contributed by atoms with Crippen LogP contribution >= 0.6 is 0 Å². The molecule has 20 heavy (non-hydrogen) atoms. The molecule has 1 amide bonds. The summed E-state index contributed by atoms with van der Waals surface area (Å²) in [6.07, 6.45) is 1.26. The minimum atomic E-state index is -0.0163. The first-order chi connectivity index (χ1) is 9.63. The molecule has 5 heteroatoms.